The van der Waals surface area contributed by atoms with Crippen LogP contribution >= 0.6 is 23.5 Å². The van der Waals surface area contributed by atoms with Crippen molar-refractivity contribution in [3.8, 4) is 11.5 Å². The van der Waals surface area contributed by atoms with E-state index >= 15 is 0 Å². The third-order valence-electron chi connectivity index (χ3n) is 12.0. The fraction of sp³-hybridized carbons (Fsp3) is 0.478. The van der Waals surface area contributed by atoms with Gasteiger partial charge in [0.2, 0.25) is 0 Å². The van der Waals surface area contributed by atoms with Crippen LogP contribution in [0.4, 0.5) is 8.78 Å². The predicted octanol–water partition coefficient (Wildman–Crippen LogP) is 12.2. The molecule has 0 saturated heterocycles. The molecule has 0 fully saturated rings. The summed E-state index contributed by atoms with van der Waals surface area (Å²) < 4.78 is 40.5. The molecule has 2 heterocycles. The first-order chi connectivity index (χ1) is 28.1. The Morgan fingerprint density at radius 2 is 0.948 bits per heavy atom. The second kappa shape index (κ2) is 23.7. The Morgan fingerprint density at radius 1 is 0.586 bits per heavy atom. The molecule has 2 aliphatic rings. The molecule has 2 aliphatic heterocycles. The number of hydrogen-bond donors (Lipinski definition) is 2. The largest absolute Gasteiger partial charge is 0.497 e. The SMILES string of the molecule is CCCC[C@]1(CC)CSc2ccc(OC)cc2[C@@H](c2ccccc2F)C1O.CCCC[C@]1(CC)CSc2ccc(OC)cc2[C@H](c2ccccc2F)C1O.O=O.O=O. The van der Waals surface area contributed by atoms with Crippen molar-refractivity contribution in [2.75, 3.05) is 25.7 Å². The van der Waals surface area contributed by atoms with Crippen molar-refractivity contribution in [3.05, 3.63) is 139 Å². The zero-order chi connectivity index (χ0) is 42.9. The maximum atomic E-state index is 14.8. The quantitative estimate of drug-likeness (QED) is 0.142. The van der Waals surface area contributed by atoms with E-state index in [-0.39, 0.29) is 22.5 Å². The van der Waals surface area contributed by atoms with Crippen molar-refractivity contribution in [1.82, 2.24) is 0 Å². The van der Waals surface area contributed by atoms with Gasteiger partial charge >= 0.3 is 0 Å². The fourth-order valence-electron chi connectivity index (χ4n) is 8.32. The van der Waals surface area contributed by atoms with Crippen LogP contribution in [0.5, 0.6) is 11.5 Å². The highest BCUT2D eigenvalue weighted by atomic mass is 32.2. The number of ether oxygens (including phenoxy) is 2. The number of aliphatic hydroxyl groups is 2. The van der Waals surface area contributed by atoms with Crippen LogP contribution in [0.3, 0.4) is 0 Å². The summed E-state index contributed by atoms with van der Waals surface area (Å²) in [5.74, 6) is 1.83. The number of hydrogen-bond acceptors (Lipinski definition) is 10. The number of benzene rings is 4. The molecule has 0 aliphatic carbocycles. The first-order valence-electron chi connectivity index (χ1n) is 19.9. The minimum atomic E-state index is -0.646. The van der Waals surface area contributed by atoms with E-state index in [1.807, 2.05) is 60.7 Å². The van der Waals surface area contributed by atoms with Crippen LogP contribution in [0, 0.1) is 42.3 Å². The molecule has 6 rings (SSSR count). The van der Waals surface area contributed by atoms with Gasteiger partial charge in [-0.25, -0.2) is 8.78 Å². The minimum Gasteiger partial charge on any atom is -0.497 e. The number of thioether (sulfide) groups is 2. The first kappa shape index (κ1) is 48.5. The van der Waals surface area contributed by atoms with E-state index in [0.29, 0.717) is 11.1 Å². The number of halogens is 2. The van der Waals surface area contributed by atoms with Gasteiger partial charge in [0.1, 0.15) is 23.1 Å². The van der Waals surface area contributed by atoms with Crippen LogP contribution in [0.15, 0.2) is 94.7 Å². The summed E-state index contributed by atoms with van der Waals surface area (Å²) in [7, 11) is 3.27. The van der Waals surface area contributed by atoms with E-state index in [4.69, 9.17) is 29.3 Å². The third-order valence-corrected chi connectivity index (χ3v) is 14.8. The van der Waals surface area contributed by atoms with Crippen LogP contribution in [0.25, 0.3) is 0 Å². The molecule has 0 aromatic heterocycles. The zero-order valence-corrected chi connectivity index (χ0v) is 36.0. The highest BCUT2D eigenvalue weighted by Gasteiger charge is 2.46. The number of methoxy groups -OCH3 is 2. The molecule has 0 bridgehead atoms. The Kier molecular flexibility index (Phi) is 19.8. The highest BCUT2D eigenvalue weighted by Crippen LogP contribution is 2.53. The highest BCUT2D eigenvalue weighted by molar-refractivity contribution is 7.99. The van der Waals surface area contributed by atoms with Crippen molar-refractivity contribution in [2.45, 2.75) is 113 Å². The summed E-state index contributed by atoms with van der Waals surface area (Å²) in [6.45, 7) is 8.64. The summed E-state index contributed by atoms with van der Waals surface area (Å²) in [5.41, 5.74) is 2.58. The molecule has 0 radical (unpaired) electrons. The monoisotopic (exact) mass is 840 g/mol. The Balaban J connectivity index is 0.000000286. The smallest absolute Gasteiger partial charge is 0.127 e. The number of rotatable bonds is 12. The van der Waals surface area contributed by atoms with Gasteiger partial charge in [-0.2, -0.15) is 0 Å². The molecule has 2 unspecified atom stereocenters. The molecule has 6 atom stereocenters. The normalized spacial score (nSPS) is 23.3. The predicted molar refractivity (Wildman–Crippen MR) is 234 cm³/mol. The molecular weight excluding hydrogens is 783 g/mol. The molecule has 0 spiro atoms. The van der Waals surface area contributed by atoms with Gasteiger partial charge < -0.3 is 19.7 Å². The second-order valence-corrected chi connectivity index (χ2v) is 16.9. The van der Waals surface area contributed by atoms with Gasteiger partial charge in [-0.05, 0) is 96.5 Å². The summed E-state index contributed by atoms with van der Waals surface area (Å²) in [6.07, 6.45) is 6.65. The molecule has 12 heteroatoms. The molecule has 58 heavy (non-hydrogen) atoms. The molecule has 4 aromatic rings. The molecule has 8 nitrogen and oxygen atoms in total. The van der Waals surface area contributed by atoms with Gasteiger partial charge in [-0.1, -0.05) is 89.8 Å². The summed E-state index contributed by atoms with van der Waals surface area (Å²) in [4.78, 5) is 30.2. The zero-order valence-electron chi connectivity index (χ0n) is 34.4. The van der Waals surface area contributed by atoms with Crippen molar-refractivity contribution in [2.24, 2.45) is 10.8 Å². The lowest BCUT2D eigenvalue weighted by molar-refractivity contribution is 0.0174. The molecule has 4 aromatic carbocycles. The number of fused-ring (bicyclic) bond motifs is 2. The maximum Gasteiger partial charge on any atom is 0.127 e. The molecular formula is C46H58F2O8S2. The van der Waals surface area contributed by atoms with Crippen molar-refractivity contribution in [3.63, 3.8) is 0 Å². The average molecular weight is 841 g/mol. The summed E-state index contributed by atoms with van der Waals surface area (Å²) in [5, 5.41) is 23.3. The van der Waals surface area contributed by atoms with E-state index in [1.54, 1.807) is 49.9 Å². The standard InChI is InChI=1S/2C23H29FO2S.2O2/c2*1-4-6-13-23(5-2)15-27-20-12-11-16(26-3)14-18(20)21(22(23)25)17-9-7-8-10-19(17)24;2*1-2/h2*7-12,14,21-22,25H,4-6,13,15H2,1-3H3;;/t21-,22?,23+;21-,22?,23-;;/m01../s1. The molecule has 316 valence electrons. The first-order valence-corrected chi connectivity index (χ1v) is 21.9. The Morgan fingerprint density at radius 3 is 1.26 bits per heavy atom. The number of unbranched alkanes of at least 4 members (excludes halogenated alkanes) is 2. The lowest BCUT2D eigenvalue weighted by Gasteiger charge is -2.39. The van der Waals surface area contributed by atoms with E-state index in [9.17, 15) is 19.0 Å². The van der Waals surface area contributed by atoms with Crippen LogP contribution in [0.1, 0.15) is 113 Å². The summed E-state index contributed by atoms with van der Waals surface area (Å²) >= 11 is 3.56. The van der Waals surface area contributed by atoms with Crippen LogP contribution in [-0.2, 0) is 0 Å². The lowest BCUT2D eigenvalue weighted by atomic mass is 9.69. The van der Waals surface area contributed by atoms with Crippen molar-refractivity contribution >= 4 is 23.5 Å². The number of aliphatic hydroxyl groups excluding tert-OH is 2. The fourth-order valence-corrected chi connectivity index (χ4v) is 11.3. The van der Waals surface area contributed by atoms with Gasteiger partial charge in [0.25, 0.3) is 0 Å². The van der Waals surface area contributed by atoms with Gasteiger partial charge in [0.05, 0.1) is 26.4 Å². The average Bonchev–Trinajstić information content (AvgIpc) is 3.47. The topological polar surface area (TPSA) is 127 Å². The Hall–Kier alpha value is -3.84. The molecule has 2 N–H and O–H groups in total. The van der Waals surface area contributed by atoms with Crippen LogP contribution in [-0.4, -0.2) is 48.1 Å². The Labute approximate surface area is 350 Å². The second-order valence-electron chi connectivity index (χ2n) is 14.9. The maximum absolute atomic E-state index is 14.8. The molecule has 0 saturated carbocycles. The lowest BCUT2D eigenvalue weighted by Crippen LogP contribution is -2.40. The van der Waals surface area contributed by atoms with Gasteiger partial charge in [-0.15, -0.1) is 23.5 Å². The van der Waals surface area contributed by atoms with Crippen LogP contribution < -0.4 is 9.47 Å². The summed E-state index contributed by atoms with van der Waals surface area (Å²) in [6, 6.07) is 25.6. The third kappa shape index (κ3) is 10.9. The minimum absolute atomic E-state index is 0.236. The molecule has 0 amide bonds. The van der Waals surface area contributed by atoms with Crippen molar-refractivity contribution in [1.29, 1.82) is 0 Å². The van der Waals surface area contributed by atoms with Gasteiger partial charge in [0.15, 0.2) is 0 Å². The van der Waals surface area contributed by atoms with Gasteiger partial charge in [0, 0.05) is 63.8 Å². The van der Waals surface area contributed by atoms with Gasteiger partial charge in [-0.3, -0.25) is 0 Å². The van der Waals surface area contributed by atoms with E-state index in [0.717, 1.165) is 95.3 Å². The Bertz CT molecular complexity index is 1730. The van der Waals surface area contributed by atoms with E-state index in [1.165, 1.54) is 12.1 Å². The van der Waals surface area contributed by atoms with Crippen LogP contribution in [0.2, 0.25) is 0 Å². The van der Waals surface area contributed by atoms with Crippen molar-refractivity contribution < 1.29 is 28.5 Å². The van der Waals surface area contributed by atoms with E-state index < -0.39 is 24.0 Å². The van der Waals surface area contributed by atoms with E-state index in [2.05, 4.69) is 27.7 Å².